The Balaban J connectivity index is 0.778. The van der Waals surface area contributed by atoms with Crippen molar-refractivity contribution in [2.75, 3.05) is 59.6 Å². The Bertz CT molecular complexity index is 1470. The highest BCUT2D eigenvalue weighted by atomic mass is 16.5. The molecule has 0 radical (unpaired) electrons. The lowest BCUT2D eigenvalue weighted by atomic mass is 9.79. The lowest BCUT2D eigenvalue weighted by Crippen LogP contribution is -2.39. The number of ether oxygens (including phenoxy) is 3. The Hall–Kier alpha value is -3.30. The van der Waals surface area contributed by atoms with Gasteiger partial charge in [0.25, 0.3) is 0 Å². The normalized spacial score (nSPS) is 20.5. The number of carbonyl (C=O) groups excluding carboxylic acids is 1. The van der Waals surface area contributed by atoms with E-state index in [4.69, 9.17) is 24.9 Å². The molecule has 0 bridgehead atoms. The first-order valence-corrected chi connectivity index (χ1v) is 19.2. The molecule has 7 rings (SSSR count). The second-order valence-electron chi connectivity index (χ2n) is 15.1. The smallest absolute Gasteiger partial charge is 0.222 e. The molecular weight excluding hydrogens is 614 g/mol. The molecule has 1 spiro atoms. The first-order chi connectivity index (χ1) is 24.0. The summed E-state index contributed by atoms with van der Waals surface area (Å²) in [6, 6.07) is 10.6. The minimum absolute atomic E-state index is 0.110. The number of likely N-dealkylation sites (tertiary alicyclic amines) is 2. The highest BCUT2D eigenvalue weighted by Crippen LogP contribution is 2.52. The number of amidine groups is 1. The van der Waals surface area contributed by atoms with Gasteiger partial charge in [0.2, 0.25) is 5.91 Å². The molecule has 4 heterocycles. The zero-order chi connectivity index (χ0) is 33.6. The van der Waals surface area contributed by atoms with E-state index in [2.05, 4.69) is 39.0 Å². The van der Waals surface area contributed by atoms with Crippen LogP contribution < -0.4 is 19.9 Å². The standard InChI is InChI=1S/C40H57N5O4/c1-47-36-26-34-35(42-39(41)40(34)15-3-4-16-40)27-37(36)49-24-8-19-44-28-31-10-11-33(25-32(31)29-44)48-23-7-2-9-38(46)45-21-13-30(14-22-45)12-20-43-17-5-6-18-43/h10-11,25-27,30H,2-9,12-24,28-29H2,1H3,(H2,41,42). The molecule has 1 amide bonds. The van der Waals surface area contributed by atoms with E-state index in [1.54, 1.807) is 7.11 Å². The van der Waals surface area contributed by atoms with Gasteiger partial charge in [0, 0.05) is 45.2 Å². The van der Waals surface area contributed by atoms with Gasteiger partial charge in [0.15, 0.2) is 11.5 Å². The van der Waals surface area contributed by atoms with Crippen LogP contribution in [0.2, 0.25) is 0 Å². The van der Waals surface area contributed by atoms with Gasteiger partial charge in [0.1, 0.15) is 11.6 Å². The summed E-state index contributed by atoms with van der Waals surface area (Å²) in [5.41, 5.74) is 11.2. The van der Waals surface area contributed by atoms with Crippen LogP contribution in [0.25, 0.3) is 0 Å². The molecule has 5 aliphatic rings. The van der Waals surface area contributed by atoms with E-state index in [1.165, 1.54) is 81.3 Å². The lowest BCUT2D eigenvalue weighted by molar-refractivity contribution is -0.132. The van der Waals surface area contributed by atoms with Crippen LogP contribution in [0.4, 0.5) is 5.69 Å². The molecule has 2 aromatic rings. The van der Waals surface area contributed by atoms with Crippen molar-refractivity contribution in [1.82, 2.24) is 14.7 Å². The first kappa shape index (κ1) is 34.2. The molecule has 2 aromatic carbocycles. The molecule has 4 aliphatic heterocycles. The van der Waals surface area contributed by atoms with Crippen molar-refractivity contribution in [3.63, 3.8) is 0 Å². The molecule has 9 nitrogen and oxygen atoms in total. The zero-order valence-electron chi connectivity index (χ0n) is 29.7. The fraction of sp³-hybridized carbons (Fsp3) is 0.650. The van der Waals surface area contributed by atoms with Crippen LogP contribution in [0.3, 0.4) is 0 Å². The van der Waals surface area contributed by atoms with E-state index in [9.17, 15) is 4.79 Å². The molecule has 9 heteroatoms. The summed E-state index contributed by atoms with van der Waals surface area (Å²) in [6.45, 7) is 9.78. The molecular formula is C40H57N5O4. The molecule has 1 saturated carbocycles. The van der Waals surface area contributed by atoms with Crippen molar-refractivity contribution < 1.29 is 19.0 Å². The third-order valence-electron chi connectivity index (χ3n) is 11.9. The summed E-state index contributed by atoms with van der Waals surface area (Å²) < 4.78 is 18.1. The van der Waals surface area contributed by atoms with E-state index in [0.717, 1.165) is 99.5 Å². The Labute approximate surface area is 293 Å². The van der Waals surface area contributed by atoms with Crippen molar-refractivity contribution >= 4 is 17.4 Å². The number of nitrogens with two attached hydrogens (primary N) is 1. The summed E-state index contributed by atoms with van der Waals surface area (Å²) in [6.07, 6.45) is 14.2. The number of rotatable bonds is 15. The molecule has 0 unspecified atom stereocenters. The lowest BCUT2D eigenvalue weighted by Gasteiger charge is -2.33. The van der Waals surface area contributed by atoms with Gasteiger partial charge in [-0.2, -0.15) is 0 Å². The Morgan fingerprint density at radius 3 is 2.43 bits per heavy atom. The molecule has 2 N–H and O–H groups in total. The van der Waals surface area contributed by atoms with Crippen LogP contribution >= 0.6 is 0 Å². The summed E-state index contributed by atoms with van der Waals surface area (Å²) in [5.74, 6) is 4.30. The van der Waals surface area contributed by atoms with Crippen LogP contribution in [0.1, 0.15) is 100 Å². The van der Waals surface area contributed by atoms with Crippen LogP contribution in [0.15, 0.2) is 35.3 Å². The summed E-state index contributed by atoms with van der Waals surface area (Å²) in [5, 5.41) is 0. The van der Waals surface area contributed by atoms with Crippen LogP contribution in [0, 0.1) is 5.92 Å². The second-order valence-corrected chi connectivity index (χ2v) is 15.1. The quantitative estimate of drug-likeness (QED) is 0.214. The molecule has 3 fully saturated rings. The SMILES string of the molecule is COc1cc2c(cc1OCCCN1Cc3ccc(OCCCCC(=O)N4CCC(CCN5CCCC5)CC4)cc3C1)N=C(N)C21CCCC1. The third kappa shape index (κ3) is 7.88. The largest absolute Gasteiger partial charge is 0.494 e. The first-order valence-electron chi connectivity index (χ1n) is 19.2. The monoisotopic (exact) mass is 671 g/mol. The fourth-order valence-corrected chi connectivity index (χ4v) is 8.90. The van der Waals surface area contributed by atoms with Crippen LogP contribution in [-0.4, -0.2) is 86.0 Å². The number of piperidine rings is 1. The van der Waals surface area contributed by atoms with Gasteiger partial charge < -0.3 is 29.7 Å². The van der Waals surface area contributed by atoms with Gasteiger partial charge in [-0.1, -0.05) is 18.9 Å². The number of aliphatic imine (C=N–C) groups is 1. The molecule has 49 heavy (non-hydrogen) atoms. The average Bonchev–Trinajstić information content (AvgIpc) is 3.94. The molecule has 2 saturated heterocycles. The third-order valence-corrected chi connectivity index (χ3v) is 11.9. The van der Waals surface area contributed by atoms with E-state index in [0.29, 0.717) is 25.5 Å². The fourth-order valence-electron chi connectivity index (χ4n) is 8.90. The number of hydrogen-bond acceptors (Lipinski definition) is 8. The zero-order valence-corrected chi connectivity index (χ0v) is 29.7. The Morgan fingerprint density at radius 1 is 0.857 bits per heavy atom. The maximum absolute atomic E-state index is 12.8. The minimum Gasteiger partial charge on any atom is -0.494 e. The van der Waals surface area contributed by atoms with Crippen molar-refractivity contribution in [3.8, 4) is 17.2 Å². The van der Waals surface area contributed by atoms with E-state index >= 15 is 0 Å². The van der Waals surface area contributed by atoms with Gasteiger partial charge in [-0.3, -0.25) is 9.69 Å². The van der Waals surface area contributed by atoms with Gasteiger partial charge in [0.05, 0.1) is 31.4 Å². The van der Waals surface area contributed by atoms with E-state index in [1.807, 2.05) is 6.07 Å². The predicted molar refractivity (Wildman–Crippen MR) is 194 cm³/mol. The number of unbranched alkanes of at least 4 members (excludes halogenated alkanes) is 1. The molecule has 266 valence electrons. The number of fused-ring (bicyclic) bond motifs is 3. The van der Waals surface area contributed by atoms with Crippen LogP contribution in [0.5, 0.6) is 17.2 Å². The van der Waals surface area contributed by atoms with Crippen molar-refractivity contribution in [2.24, 2.45) is 16.6 Å². The van der Waals surface area contributed by atoms with Crippen molar-refractivity contribution in [1.29, 1.82) is 0 Å². The molecule has 0 aromatic heterocycles. The van der Waals surface area contributed by atoms with Crippen LogP contribution in [-0.2, 0) is 23.3 Å². The summed E-state index contributed by atoms with van der Waals surface area (Å²) in [4.78, 5) is 24.7. The number of methoxy groups -OCH3 is 1. The highest BCUT2D eigenvalue weighted by Gasteiger charge is 2.45. The summed E-state index contributed by atoms with van der Waals surface area (Å²) >= 11 is 0. The maximum Gasteiger partial charge on any atom is 0.222 e. The van der Waals surface area contributed by atoms with Gasteiger partial charge >= 0.3 is 0 Å². The number of benzene rings is 2. The van der Waals surface area contributed by atoms with Gasteiger partial charge in [-0.05, 0) is 125 Å². The van der Waals surface area contributed by atoms with E-state index in [-0.39, 0.29) is 5.41 Å². The highest BCUT2D eigenvalue weighted by molar-refractivity contribution is 6.00. The van der Waals surface area contributed by atoms with Gasteiger partial charge in [-0.15, -0.1) is 0 Å². The predicted octanol–water partition coefficient (Wildman–Crippen LogP) is 6.57. The molecule has 1 aliphatic carbocycles. The topological polar surface area (TPSA) is 92.9 Å². The van der Waals surface area contributed by atoms with Crippen molar-refractivity contribution in [2.45, 2.75) is 102 Å². The number of hydrogen-bond donors (Lipinski definition) is 1. The number of carbonyl (C=O) groups is 1. The molecule has 0 atom stereocenters. The Morgan fingerprint density at radius 2 is 1.63 bits per heavy atom. The van der Waals surface area contributed by atoms with E-state index < -0.39 is 0 Å². The summed E-state index contributed by atoms with van der Waals surface area (Å²) in [7, 11) is 1.70. The number of nitrogens with zero attached hydrogens (tertiary/aromatic N) is 4. The van der Waals surface area contributed by atoms with Crippen molar-refractivity contribution in [3.05, 3.63) is 47.0 Å². The number of amides is 1. The Kier molecular flexibility index (Phi) is 11.0. The maximum atomic E-state index is 12.8. The van der Waals surface area contributed by atoms with Gasteiger partial charge in [-0.25, -0.2) is 4.99 Å². The second kappa shape index (κ2) is 15.7. The minimum atomic E-state index is -0.110. The average molecular weight is 672 g/mol.